The molecular formula is C25H22N2O4. The van der Waals surface area contributed by atoms with E-state index in [9.17, 15) is 15.2 Å². The van der Waals surface area contributed by atoms with Crippen LogP contribution in [0, 0.1) is 11.3 Å². The molecule has 6 heteroatoms. The number of nitrogens with one attached hydrogen (secondary N) is 1. The largest absolute Gasteiger partial charge is 0.504 e. The predicted octanol–water partition coefficient (Wildman–Crippen LogP) is 4.92. The van der Waals surface area contributed by atoms with Crippen LogP contribution in [0.15, 0.2) is 78.4 Å². The van der Waals surface area contributed by atoms with Gasteiger partial charge < -0.3 is 19.9 Å². The summed E-state index contributed by atoms with van der Waals surface area (Å²) in [7, 11) is 0. The predicted molar refractivity (Wildman–Crippen MR) is 119 cm³/mol. The topological polar surface area (TPSA) is 91.6 Å². The molecule has 3 aromatic carbocycles. The Morgan fingerprint density at radius 2 is 1.81 bits per heavy atom. The van der Waals surface area contributed by atoms with Gasteiger partial charge in [0.25, 0.3) is 5.91 Å². The number of hydrogen-bond acceptors (Lipinski definition) is 5. The van der Waals surface area contributed by atoms with Gasteiger partial charge in [0.15, 0.2) is 11.5 Å². The maximum Gasteiger partial charge on any atom is 0.266 e. The normalized spacial score (nSPS) is 10.8. The zero-order valence-corrected chi connectivity index (χ0v) is 17.0. The minimum Gasteiger partial charge on any atom is -0.504 e. The molecule has 1 amide bonds. The fourth-order valence-corrected chi connectivity index (χ4v) is 2.78. The van der Waals surface area contributed by atoms with Gasteiger partial charge in [0.05, 0.1) is 6.61 Å². The number of benzene rings is 3. The number of hydrogen-bond donors (Lipinski definition) is 2. The zero-order chi connectivity index (χ0) is 22.1. The van der Waals surface area contributed by atoms with Crippen molar-refractivity contribution >= 4 is 17.7 Å². The van der Waals surface area contributed by atoms with Crippen LogP contribution in [0.25, 0.3) is 6.08 Å². The fourth-order valence-electron chi connectivity index (χ4n) is 2.78. The Bertz CT molecular complexity index is 1100. The van der Waals surface area contributed by atoms with Gasteiger partial charge in [0, 0.05) is 5.69 Å². The molecule has 2 N–H and O–H groups in total. The highest BCUT2D eigenvalue weighted by Crippen LogP contribution is 2.28. The summed E-state index contributed by atoms with van der Waals surface area (Å²) in [5, 5.41) is 21.9. The number of nitrogens with zero attached hydrogens (tertiary/aromatic N) is 1. The Morgan fingerprint density at radius 1 is 1.06 bits per heavy atom. The van der Waals surface area contributed by atoms with Crippen LogP contribution in [0.5, 0.6) is 17.2 Å². The maximum atomic E-state index is 12.5. The molecule has 0 saturated heterocycles. The lowest BCUT2D eigenvalue weighted by molar-refractivity contribution is -0.112. The molecular weight excluding hydrogens is 392 g/mol. The Kier molecular flexibility index (Phi) is 7.28. The van der Waals surface area contributed by atoms with Crippen LogP contribution in [-0.4, -0.2) is 17.6 Å². The summed E-state index contributed by atoms with van der Waals surface area (Å²) in [4.78, 5) is 12.5. The molecule has 0 bridgehead atoms. The summed E-state index contributed by atoms with van der Waals surface area (Å²) in [6.45, 7) is 2.63. The van der Waals surface area contributed by atoms with E-state index in [0.717, 1.165) is 5.56 Å². The molecule has 6 nitrogen and oxygen atoms in total. The van der Waals surface area contributed by atoms with Gasteiger partial charge in [0.1, 0.15) is 24.0 Å². The molecule has 0 aliphatic carbocycles. The first-order chi connectivity index (χ1) is 15.1. The summed E-state index contributed by atoms with van der Waals surface area (Å²) in [5.41, 5.74) is 2.10. The van der Waals surface area contributed by atoms with Crippen molar-refractivity contribution in [2.45, 2.75) is 13.5 Å². The minimum atomic E-state index is -0.536. The van der Waals surface area contributed by atoms with Crippen LogP contribution in [0.3, 0.4) is 0 Å². The summed E-state index contributed by atoms with van der Waals surface area (Å²) in [6.07, 6.45) is 1.44. The Balaban J connectivity index is 1.64. The molecule has 156 valence electrons. The highest BCUT2D eigenvalue weighted by molar-refractivity contribution is 6.09. The van der Waals surface area contributed by atoms with Gasteiger partial charge in [-0.3, -0.25) is 4.79 Å². The molecule has 0 atom stereocenters. The SMILES string of the molecule is CCOc1cc(/C=C(\C#N)C(=O)Nc2ccc(OCc3ccccc3)cc2)ccc1O. The summed E-state index contributed by atoms with van der Waals surface area (Å²) in [6, 6.07) is 23.3. The summed E-state index contributed by atoms with van der Waals surface area (Å²) < 4.78 is 11.1. The molecule has 0 unspecified atom stereocenters. The third kappa shape index (κ3) is 6.12. The molecule has 0 aliphatic heterocycles. The van der Waals surface area contributed by atoms with Gasteiger partial charge >= 0.3 is 0 Å². The van der Waals surface area contributed by atoms with E-state index in [2.05, 4.69) is 5.32 Å². The van der Waals surface area contributed by atoms with E-state index in [-0.39, 0.29) is 11.3 Å². The number of nitriles is 1. The van der Waals surface area contributed by atoms with E-state index >= 15 is 0 Å². The first-order valence-electron chi connectivity index (χ1n) is 9.75. The third-order valence-electron chi connectivity index (χ3n) is 4.32. The standard InChI is InChI=1S/C25H22N2O4/c1-2-30-24-15-19(8-13-23(24)28)14-20(16-26)25(29)27-21-9-11-22(12-10-21)31-17-18-6-4-3-5-7-18/h3-15,28H,2,17H2,1H3,(H,27,29)/b20-14+. The van der Waals surface area contributed by atoms with Crippen LogP contribution < -0.4 is 14.8 Å². The van der Waals surface area contributed by atoms with E-state index in [1.165, 1.54) is 12.1 Å². The molecule has 0 spiro atoms. The molecule has 3 rings (SSSR count). The van der Waals surface area contributed by atoms with Gasteiger partial charge in [-0.25, -0.2) is 0 Å². The van der Waals surface area contributed by atoms with Crippen molar-refractivity contribution in [2.75, 3.05) is 11.9 Å². The van der Waals surface area contributed by atoms with E-state index in [0.29, 0.717) is 36.0 Å². The van der Waals surface area contributed by atoms with Gasteiger partial charge in [-0.15, -0.1) is 0 Å². The number of rotatable bonds is 8. The average Bonchev–Trinajstić information content (AvgIpc) is 2.80. The number of anilines is 1. The molecule has 0 saturated carbocycles. The van der Waals surface area contributed by atoms with E-state index < -0.39 is 5.91 Å². The van der Waals surface area contributed by atoms with Crippen molar-refractivity contribution in [3.05, 3.63) is 89.5 Å². The number of aromatic hydroxyl groups is 1. The first kappa shape index (κ1) is 21.5. The highest BCUT2D eigenvalue weighted by atomic mass is 16.5. The van der Waals surface area contributed by atoms with E-state index in [1.807, 2.05) is 36.4 Å². The second-order valence-corrected chi connectivity index (χ2v) is 6.58. The minimum absolute atomic E-state index is 0.00321. The van der Waals surface area contributed by atoms with Crippen LogP contribution in [0.4, 0.5) is 5.69 Å². The molecule has 0 fully saturated rings. The van der Waals surface area contributed by atoms with Gasteiger partial charge in [0.2, 0.25) is 0 Å². The second kappa shape index (κ2) is 10.5. The van der Waals surface area contributed by atoms with Gasteiger partial charge in [-0.2, -0.15) is 5.26 Å². The first-order valence-corrected chi connectivity index (χ1v) is 9.75. The number of carbonyl (C=O) groups excluding carboxylic acids is 1. The Hall–Kier alpha value is -4.24. The van der Waals surface area contributed by atoms with Crippen molar-refractivity contribution in [2.24, 2.45) is 0 Å². The molecule has 0 heterocycles. The van der Waals surface area contributed by atoms with Crippen molar-refractivity contribution in [1.82, 2.24) is 0 Å². The van der Waals surface area contributed by atoms with Crippen LogP contribution >= 0.6 is 0 Å². The molecule has 3 aromatic rings. The lowest BCUT2D eigenvalue weighted by atomic mass is 10.1. The molecule has 0 aliphatic rings. The highest BCUT2D eigenvalue weighted by Gasteiger charge is 2.11. The summed E-state index contributed by atoms with van der Waals surface area (Å²) in [5.74, 6) is 0.425. The van der Waals surface area contributed by atoms with Gasteiger partial charge in [-0.1, -0.05) is 36.4 Å². The Morgan fingerprint density at radius 3 is 2.48 bits per heavy atom. The molecule has 0 radical (unpaired) electrons. The number of phenolic OH excluding ortho intramolecular Hbond substituents is 1. The van der Waals surface area contributed by atoms with Crippen molar-refractivity contribution in [3.8, 4) is 23.3 Å². The van der Waals surface area contributed by atoms with Crippen LogP contribution in [0.2, 0.25) is 0 Å². The van der Waals surface area contributed by atoms with Crippen molar-refractivity contribution in [3.63, 3.8) is 0 Å². The molecule has 31 heavy (non-hydrogen) atoms. The maximum absolute atomic E-state index is 12.5. The van der Waals surface area contributed by atoms with Crippen molar-refractivity contribution < 1.29 is 19.4 Å². The second-order valence-electron chi connectivity index (χ2n) is 6.58. The monoisotopic (exact) mass is 414 g/mol. The lowest BCUT2D eigenvalue weighted by Crippen LogP contribution is -2.13. The smallest absolute Gasteiger partial charge is 0.266 e. The number of amides is 1. The van der Waals surface area contributed by atoms with E-state index in [4.69, 9.17) is 9.47 Å². The van der Waals surface area contributed by atoms with E-state index in [1.54, 1.807) is 43.3 Å². The van der Waals surface area contributed by atoms with Gasteiger partial charge in [-0.05, 0) is 60.5 Å². The van der Waals surface area contributed by atoms with Crippen LogP contribution in [-0.2, 0) is 11.4 Å². The zero-order valence-electron chi connectivity index (χ0n) is 17.0. The fraction of sp³-hybridized carbons (Fsp3) is 0.120. The Labute approximate surface area is 181 Å². The number of ether oxygens (including phenoxy) is 2. The number of carbonyl (C=O) groups is 1. The average molecular weight is 414 g/mol. The quantitative estimate of drug-likeness (QED) is 0.403. The number of phenols is 1. The third-order valence-corrected chi connectivity index (χ3v) is 4.32. The lowest BCUT2D eigenvalue weighted by Gasteiger charge is -2.09. The van der Waals surface area contributed by atoms with Crippen molar-refractivity contribution in [1.29, 1.82) is 5.26 Å². The molecule has 0 aromatic heterocycles. The summed E-state index contributed by atoms with van der Waals surface area (Å²) >= 11 is 0. The van der Waals surface area contributed by atoms with Crippen LogP contribution in [0.1, 0.15) is 18.1 Å².